The van der Waals surface area contributed by atoms with Crippen LogP contribution in [0.15, 0.2) is 24.3 Å². The van der Waals surface area contributed by atoms with Gasteiger partial charge in [0.25, 0.3) is 0 Å². The number of carbonyl (C=O) groups excluding carboxylic acids is 1. The van der Waals surface area contributed by atoms with Crippen molar-refractivity contribution in [2.75, 3.05) is 19.6 Å². The third-order valence-corrected chi connectivity index (χ3v) is 3.84. The van der Waals surface area contributed by atoms with E-state index in [-0.39, 0.29) is 0 Å². The van der Waals surface area contributed by atoms with Gasteiger partial charge in [0, 0.05) is 25.9 Å². The van der Waals surface area contributed by atoms with E-state index in [0.29, 0.717) is 12.2 Å². The van der Waals surface area contributed by atoms with Crippen LogP contribution in [0, 0.1) is 0 Å². The molecule has 2 nitrogen and oxygen atoms in total. The fraction of sp³-hybridized carbons (Fsp3) is 0.562. The number of carbonyl (C=O) groups is 1. The van der Waals surface area contributed by atoms with E-state index in [1.165, 1.54) is 11.1 Å². The molecule has 0 aliphatic carbocycles. The Morgan fingerprint density at radius 2 is 1.78 bits per heavy atom. The number of hydrogen-bond donors (Lipinski definition) is 0. The Balaban J connectivity index is 1.79. The zero-order valence-electron chi connectivity index (χ0n) is 11.3. The van der Waals surface area contributed by atoms with E-state index in [2.05, 4.69) is 29.2 Å². The second-order valence-corrected chi connectivity index (χ2v) is 5.11. The van der Waals surface area contributed by atoms with Gasteiger partial charge in [-0.3, -0.25) is 4.79 Å². The lowest BCUT2D eigenvalue weighted by Gasteiger charge is -2.19. The number of rotatable bonds is 5. The lowest BCUT2D eigenvalue weighted by atomic mass is 10.0. The molecule has 0 saturated carbocycles. The summed E-state index contributed by atoms with van der Waals surface area (Å²) in [4.78, 5) is 13.8. The predicted octanol–water partition coefficient (Wildman–Crippen LogP) is 2.85. The summed E-state index contributed by atoms with van der Waals surface area (Å²) in [6, 6.07) is 8.77. The summed E-state index contributed by atoms with van der Waals surface area (Å²) in [6.45, 7) is 5.29. The normalized spacial score (nSPS) is 16.1. The fourth-order valence-corrected chi connectivity index (χ4v) is 2.61. The minimum atomic E-state index is 0.396. The standard InChI is InChI=1S/C16H23NO/c1-2-16(18)8-5-11-17-12-9-14-6-3-4-7-15(14)10-13-17/h3-4,6-7H,2,5,8-13H2,1H3. The molecule has 0 radical (unpaired) electrons. The topological polar surface area (TPSA) is 20.3 Å². The third kappa shape index (κ3) is 3.67. The van der Waals surface area contributed by atoms with E-state index in [1.807, 2.05) is 6.92 Å². The van der Waals surface area contributed by atoms with Gasteiger partial charge >= 0.3 is 0 Å². The summed E-state index contributed by atoms with van der Waals surface area (Å²) >= 11 is 0. The molecule has 1 aliphatic rings. The van der Waals surface area contributed by atoms with Crippen molar-refractivity contribution in [3.05, 3.63) is 35.4 Å². The quantitative estimate of drug-likeness (QED) is 0.795. The molecule has 0 N–H and O–H groups in total. The van der Waals surface area contributed by atoms with Gasteiger partial charge < -0.3 is 4.90 Å². The van der Waals surface area contributed by atoms with Gasteiger partial charge in [0.15, 0.2) is 0 Å². The molecule has 98 valence electrons. The Kier molecular flexibility index (Phi) is 4.94. The van der Waals surface area contributed by atoms with Crippen molar-refractivity contribution in [3.63, 3.8) is 0 Å². The Morgan fingerprint density at radius 3 is 2.33 bits per heavy atom. The second kappa shape index (κ2) is 6.69. The largest absolute Gasteiger partial charge is 0.303 e. The van der Waals surface area contributed by atoms with E-state index < -0.39 is 0 Å². The average molecular weight is 245 g/mol. The maximum Gasteiger partial charge on any atom is 0.132 e. The van der Waals surface area contributed by atoms with Crippen molar-refractivity contribution in [2.24, 2.45) is 0 Å². The van der Waals surface area contributed by atoms with Crippen molar-refractivity contribution in [3.8, 4) is 0 Å². The number of hydrogen-bond acceptors (Lipinski definition) is 2. The van der Waals surface area contributed by atoms with Crippen LogP contribution >= 0.6 is 0 Å². The molecule has 0 amide bonds. The molecule has 2 heteroatoms. The van der Waals surface area contributed by atoms with Gasteiger partial charge in [-0.25, -0.2) is 0 Å². The van der Waals surface area contributed by atoms with Crippen molar-refractivity contribution < 1.29 is 4.79 Å². The number of nitrogens with zero attached hydrogens (tertiary/aromatic N) is 1. The SMILES string of the molecule is CCC(=O)CCCN1CCc2ccccc2CC1. The van der Waals surface area contributed by atoms with Crippen LogP contribution in [-0.4, -0.2) is 30.3 Å². The van der Waals surface area contributed by atoms with Gasteiger partial charge in [-0.05, 0) is 36.9 Å². The van der Waals surface area contributed by atoms with Crippen LogP contribution in [0.3, 0.4) is 0 Å². The van der Waals surface area contributed by atoms with E-state index in [9.17, 15) is 4.79 Å². The van der Waals surface area contributed by atoms with Crippen molar-refractivity contribution in [2.45, 2.75) is 39.0 Å². The Hall–Kier alpha value is -1.15. The Bertz CT molecular complexity index is 373. The van der Waals surface area contributed by atoms with Crippen LogP contribution in [0.2, 0.25) is 0 Å². The van der Waals surface area contributed by atoms with Crippen LogP contribution in [0.1, 0.15) is 37.3 Å². The third-order valence-electron chi connectivity index (χ3n) is 3.84. The summed E-state index contributed by atoms with van der Waals surface area (Å²) in [5, 5.41) is 0. The summed E-state index contributed by atoms with van der Waals surface area (Å²) in [5.41, 5.74) is 3.01. The lowest BCUT2D eigenvalue weighted by molar-refractivity contribution is -0.118. The monoisotopic (exact) mass is 245 g/mol. The molecule has 0 bridgehead atoms. The zero-order chi connectivity index (χ0) is 12.8. The van der Waals surface area contributed by atoms with Crippen LogP contribution < -0.4 is 0 Å². The highest BCUT2D eigenvalue weighted by molar-refractivity contribution is 5.77. The van der Waals surface area contributed by atoms with Crippen molar-refractivity contribution in [1.29, 1.82) is 0 Å². The van der Waals surface area contributed by atoms with Gasteiger partial charge in [0.1, 0.15) is 5.78 Å². The van der Waals surface area contributed by atoms with Gasteiger partial charge in [0.05, 0.1) is 0 Å². The molecule has 0 spiro atoms. The number of ketones is 1. The number of fused-ring (bicyclic) bond motifs is 1. The molecule has 0 fully saturated rings. The van der Waals surface area contributed by atoms with Gasteiger partial charge in [-0.2, -0.15) is 0 Å². The van der Waals surface area contributed by atoms with Crippen LogP contribution in [0.4, 0.5) is 0 Å². The molecule has 18 heavy (non-hydrogen) atoms. The van der Waals surface area contributed by atoms with Crippen molar-refractivity contribution in [1.82, 2.24) is 4.90 Å². The molecule has 1 aromatic rings. The van der Waals surface area contributed by atoms with Gasteiger partial charge in [-0.1, -0.05) is 31.2 Å². The smallest absolute Gasteiger partial charge is 0.132 e. The zero-order valence-corrected chi connectivity index (χ0v) is 11.3. The highest BCUT2D eigenvalue weighted by Crippen LogP contribution is 2.15. The number of Topliss-reactive ketones (excluding diaryl/α,β-unsaturated/α-hetero) is 1. The fourth-order valence-electron chi connectivity index (χ4n) is 2.61. The van der Waals surface area contributed by atoms with Crippen molar-refractivity contribution >= 4 is 5.78 Å². The van der Waals surface area contributed by atoms with Gasteiger partial charge in [0.2, 0.25) is 0 Å². The Labute approximate surface area is 110 Å². The second-order valence-electron chi connectivity index (χ2n) is 5.11. The first-order valence-electron chi connectivity index (χ1n) is 7.10. The summed E-state index contributed by atoms with van der Waals surface area (Å²) in [7, 11) is 0. The van der Waals surface area contributed by atoms with Crippen LogP contribution in [-0.2, 0) is 17.6 Å². The minimum Gasteiger partial charge on any atom is -0.303 e. The first-order chi connectivity index (χ1) is 8.79. The molecule has 0 aromatic heterocycles. The first-order valence-corrected chi connectivity index (χ1v) is 7.10. The molecule has 2 rings (SSSR count). The number of benzene rings is 1. The molecular weight excluding hydrogens is 222 g/mol. The van der Waals surface area contributed by atoms with Crippen LogP contribution in [0.5, 0.6) is 0 Å². The molecule has 0 saturated heterocycles. The lowest BCUT2D eigenvalue weighted by Crippen LogP contribution is -2.27. The molecule has 0 atom stereocenters. The maximum atomic E-state index is 11.3. The molecule has 1 heterocycles. The van der Waals surface area contributed by atoms with E-state index >= 15 is 0 Å². The van der Waals surface area contributed by atoms with E-state index in [1.54, 1.807) is 0 Å². The molecular formula is C16H23NO. The summed E-state index contributed by atoms with van der Waals surface area (Å²) < 4.78 is 0. The van der Waals surface area contributed by atoms with E-state index in [0.717, 1.165) is 45.3 Å². The summed E-state index contributed by atoms with van der Waals surface area (Å²) in [5.74, 6) is 0.396. The van der Waals surface area contributed by atoms with Gasteiger partial charge in [-0.15, -0.1) is 0 Å². The molecule has 1 aliphatic heterocycles. The first kappa shape index (κ1) is 13.3. The molecule has 1 aromatic carbocycles. The summed E-state index contributed by atoms with van der Waals surface area (Å²) in [6.07, 6.45) is 4.75. The average Bonchev–Trinajstić information content (AvgIpc) is 2.61. The Morgan fingerprint density at radius 1 is 1.17 bits per heavy atom. The highest BCUT2D eigenvalue weighted by atomic mass is 16.1. The molecule has 0 unspecified atom stereocenters. The highest BCUT2D eigenvalue weighted by Gasteiger charge is 2.13. The van der Waals surface area contributed by atoms with E-state index in [4.69, 9.17) is 0 Å². The predicted molar refractivity (Wildman–Crippen MR) is 74.8 cm³/mol. The maximum absolute atomic E-state index is 11.3. The minimum absolute atomic E-state index is 0.396. The van der Waals surface area contributed by atoms with Crippen LogP contribution in [0.25, 0.3) is 0 Å².